The predicted octanol–water partition coefficient (Wildman–Crippen LogP) is 1.17. The Morgan fingerprint density at radius 1 is 1.44 bits per heavy atom. The maximum atomic E-state index is 13.1. The maximum Gasteiger partial charge on any atom is 0.323 e. The van der Waals surface area contributed by atoms with Gasteiger partial charge in [-0.3, -0.25) is 4.79 Å². The van der Waals surface area contributed by atoms with Crippen molar-refractivity contribution in [2.24, 2.45) is 0 Å². The fourth-order valence-electron chi connectivity index (χ4n) is 1.91. The molecule has 0 unspecified atom stereocenters. The highest BCUT2D eigenvalue weighted by atomic mass is 19.1. The SMILES string of the molecule is CN1CCN(CC(=O)O)c2ccc(F)cc21. The summed E-state index contributed by atoms with van der Waals surface area (Å²) in [5.74, 6) is -1.18. The molecule has 1 aliphatic heterocycles. The van der Waals surface area contributed by atoms with Crippen LogP contribution >= 0.6 is 0 Å². The van der Waals surface area contributed by atoms with Gasteiger partial charge in [0.25, 0.3) is 0 Å². The standard InChI is InChI=1S/C11H13FN2O2/c1-13-4-5-14(7-11(15)16)9-3-2-8(12)6-10(9)13/h2-3,6H,4-5,7H2,1H3,(H,15,16). The van der Waals surface area contributed by atoms with Crippen molar-refractivity contribution in [3.05, 3.63) is 24.0 Å². The molecular weight excluding hydrogens is 211 g/mol. The molecule has 0 bridgehead atoms. The van der Waals surface area contributed by atoms with Crippen LogP contribution in [-0.4, -0.2) is 37.8 Å². The minimum atomic E-state index is -0.875. The third kappa shape index (κ3) is 1.93. The van der Waals surface area contributed by atoms with Crippen LogP contribution in [0.25, 0.3) is 0 Å². The van der Waals surface area contributed by atoms with Crippen LogP contribution in [0.2, 0.25) is 0 Å². The highest BCUT2D eigenvalue weighted by Crippen LogP contribution is 2.32. The van der Waals surface area contributed by atoms with Gasteiger partial charge in [0.05, 0.1) is 11.4 Å². The zero-order valence-corrected chi connectivity index (χ0v) is 8.98. The van der Waals surface area contributed by atoms with E-state index in [1.54, 1.807) is 11.0 Å². The van der Waals surface area contributed by atoms with Crippen molar-refractivity contribution in [3.63, 3.8) is 0 Å². The van der Waals surface area contributed by atoms with E-state index in [1.807, 2.05) is 11.9 Å². The summed E-state index contributed by atoms with van der Waals surface area (Å²) in [5.41, 5.74) is 1.52. The molecule has 5 heteroatoms. The fraction of sp³-hybridized carbons (Fsp3) is 0.364. The molecule has 16 heavy (non-hydrogen) atoms. The zero-order chi connectivity index (χ0) is 11.7. The van der Waals surface area contributed by atoms with E-state index in [-0.39, 0.29) is 12.4 Å². The molecule has 0 amide bonds. The zero-order valence-electron chi connectivity index (χ0n) is 8.98. The number of nitrogens with zero attached hydrogens (tertiary/aromatic N) is 2. The van der Waals surface area contributed by atoms with Crippen molar-refractivity contribution in [2.75, 3.05) is 36.5 Å². The van der Waals surface area contributed by atoms with Gasteiger partial charge in [0.2, 0.25) is 0 Å². The van der Waals surface area contributed by atoms with E-state index in [9.17, 15) is 9.18 Å². The molecule has 0 saturated heterocycles. The Labute approximate surface area is 92.9 Å². The number of rotatable bonds is 2. The molecule has 86 valence electrons. The second-order valence-corrected chi connectivity index (χ2v) is 3.87. The van der Waals surface area contributed by atoms with Gasteiger partial charge in [-0.2, -0.15) is 0 Å². The van der Waals surface area contributed by atoms with Crippen LogP contribution in [0.15, 0.2) is 18.2 Å². The number of carboxylic acid groups (broad SMARTS) is 1. The third-order valence-electron chi connectivity index (χ3n) is 2.72. The van der Waals surface area contributed by atoms with E-state index in [0.29, 0.717) is 13.1 Å². The first-order chi connectivity index (χ1) is 7.58. The number of aliphatic carboxylic acids is 1. The molecule has 0 fully saturated rings. The van der Waals surface area contributed by atoms with Gasteiger partial charge < -0.3 is 14.9 Å². The molecule has 1 N–H and O–H groups in total. The van der Waals surface area contributed by atoms with Gasteiger partial charge in [0, 0.05) is 20.1 Å². The summed E-state index contributed by atoms with van der Waals surface area (Å²) in [7, 11) is 1.87. The monoisotopic (exact) mass is 224 g/mol. The number of hydrogen-bond acceptors (Lipinski definition) is 3. The smallest absolute Gasteiger partial charge is 0.323 e. The lowest BCUT2D eigenvalue weighted by Gasteiger charge is -2.36. The minimum Gasteiger partial charge on any atom is -0.480 e. The molecule has 0 radical (unpaired) electrons. The van der Waals surface area contributed by atoms with Crippen LogP contribution in [0.4, 0.5) is 15.8 Å². The van der Waals surface area contributed by atoms with Gasteiger partial charge in [-0.05, 0) is 18.2 Å². The number of halogens is 1. The summed E-state index contributed by atoms with van der Waals surface area (Å²) in [4.78, 5) is 14.4. The molecular formula is C11H13FN2O2. The van der Waals surface area contributed by atoms with Crippen LogP contribution in [0.5, 0.6) is 0 Å². The molecule has 1 aromatic carbocycles. The quantitative estimate of drug-likeness (QED) is 0.818. The predicted molar refractivity (Wildman–Crippen MR) is 59.5 cm³/mol. The van der Waals surface area contributed by atoms with E-state index >= 15 is 0 Å². The van der Waals surface area contributed by atoms with E-state index in [1.165, 1.54) is 12.1 Å². The number of carboxylic acids is 1. The van der Waals surface area contributed by atoms with Gasteiger partial charge in [-0.25, -0.2) is 4.39 Å². The molecule has 0 aliphatic carbocycles. The molecule has 4 nitrogen and oxygen atoms in total. The summed E-state index contributed by atoms with van der Waals surface area (Å²) in [5, 5.41) is 8.78. The molecule has 0 spiro atoms. The van der Waals surface area contributed by atoms with Crippen molar-refractivity contribution >= 4 is 17.3 Å². The molecule has 1 heterocycles. The van der Waals surface area contributed by atoms with Crippen molar-refractivity contribution < 1.29 is 14.3 Å². The number of anilines is 2. The van der Waals surface area contributed by atoms with E-state index in [4.69, 9.17) is 5.11 Å². The Morgan fingerprint density at radius 3 is 2.88 bits per heavy atom. The Kier molecular flexibility index (Phi) is 2.68. The second kappa shape index (κ2) is 4.00. The third-order valence-corrected chi connectivity index (χ3v) is 2.72. The van der Waals surface area contributed by atoms with E-state index < -0.39 is 5.97 Å². The average molecular weight is 224 g/mol. The minimum absolute atomic E-state index is 0.0491. The van der Waals surface area contributed by atoms with E-state index in [2.05, 4.69) is 0 Å². The van der Waals surface area contributed by atoms with Gasteiger partial charge in [0.1, 0.15) is 12.4 Å². The topological polar surface area (TPSA) is 43.8 Å². The van der Waals surface area contributed by atoms with Crippen LogP contribution in [-0.2, 0) is 4.79 Å². The lowest BCUT2D eigenvalue weighted by molar-refractivity contribution is -0.135. The summed E-state index contributed by atoms with van der Waals surface area (Å²) < 4.78 is 13.1. The van der Waals surface area contributed by atoms with Crippen LogP contribution in [0.3, 0.4) is 0 Å². The number of fused-ring (bicyclic) bond motifs is 1. The molecule has 1 aliphatic rings. The highest BCUT2D eigenvalue weighted by molar-refractivity contribution is 5.79. The van der Waals surface area contributed by atoms with Crippen molar-refractivity contribution in [1.82, 2.24) is 0 Å². The van der Waals surface area contributed by atoms with Gasteiger partial charge >= 0.3 is 5.97 Å². The van der Waals surface area contributed by atoms with Crippen LogP contribution in [0, 0.1) is 5.82 Å². The fourth-order valence-corrected chi connectivity index (χ4v) is 1.91. The summed E-state index contributed by atoms with van der Waals surface area (Å²) in [6, 6.07) is 4.42. The molecule has 1 aromatic rings. The second-order valence-electron chi connectivity index (χ2n) is 3.87. The molecule has 0 aromatic heterocycles. The Bertz CT molecular complexity index is 422. The molecule has 0 saturated carbocycles. The first kappa shape index (κ1) is 10.7. The summed E-state index contributed by atoms with van der Waals surface area (Å²) in [6.07, 6.45) is 0. The number of benzene rings is 1. The number of hydrogen-bond donors (Lipinski definition) is 1. The van der Waals surface area contributed by atoms with Crippen LogP contribution < -0.4 is 9.80 Å². The van der Waals surface area contributed by atoms with Crippen LogP contribution in [0.1, 0.15) is 0 Å². The van der Waals surface area contributed by atoms with Crippen molar-refractivity contribution in [2.45, 2.75) is 0 Å². The van der Waals surface area contributed by atoms with E-state index in [0.717, 1.165) is 11.4 Å². The lowest BCUT2D eigenvalue weighted by Crippen LogP contribution is -2.41. The normalized spacial score (nSPS) is 14.9. The Balaban J connectivity index is 2.36. The first-order valence-electron chi connectivity index (χ1n) is 5.05. The molecule has 0 atom stereocenters. The summed E-state index contributed by atoms with van der Waals surface area (Å²) >= 11 is 0. The highest BCUT2D eigenvalue weighted by Gasteiger charge is 2.22. The van der Waals surface area contributed by atoms with Gasteiger partial charge in [0.15, 0.2) is 0 Å². The average Bonchev–Trinajstić information content (AvgIpc) is 2.22. The molecule has 2 rings (SSSR count). The number of likely N-dealkylation sites (N-methyl/N-ethyl adjacent to an activating group) is 1. The maximum absolute atomic E-state index is 13.1. The lowest BCUT2D eigenvalue weighted by atomic mass is 10.1. The van der Waals surface area contributed by atoms with Crippen molar-refractivity contribution in [1.29, 1.82) is 0 Å². The Hall–Kier alpha value is -1.78. The summed E-state index contributed by atoms with van der Waals surface area (Å²) in [6.45, 7) is 1.29. The van der Waals surface area contributed by atoms with Gasteiger partial charge in [-0.1, -0.05) is 0 Å². The number of carbonyl (C=O) groups is 1. The van der Waals surface area contributed by atoms with Crippen molar-refractivity contribution in [3.8, 4) is 0 Å². The first-order valence-corrected chi connectivity index (χ1v) is 5.05. The largest absolute Gasteiger partial charge is 0.480 e. The Morgan fingerprint density at radius 2 is 2.19 bits per heavy atom. The van der Waals surface area contributed by atoms with Gasteiger partial charge in [-0.15, -0.1) is 0 Å².